The van der Waals surface area contributed by atoms with Crippen LogP contribution in [0.3, 0.4) is 0 Å². The number of benzene rings is 2. The molecular formula is C23H19N5O4. The van der Waals surface area contributed by atoms with Gasteiger partial charge >= 0.3 is 6.09 Å². The van der Waals surface area contributed by atoms with Gasteiger partial charge in [0.1, 0.15) is 0 Å². The van der Waals surface area contributed by atoms with E-state index in [-0.39, 0.29) is 17.2 Å². The molecule has 0 radical (unpaired) electrons. The maximum Gasteiger partial charge on any atom is 0.409 e. The number of imidazole rings is 1. The van der Waals surface area contributed by atoms with E-state index in [1.54, 1.807) is 59.7 Å². The quantitative estimate of drug-likeness (QED) is 0.304. The molecule has 0 saturated heterocycles. The Bertz CT molecular complexity index is 1260. The molecule has 160 valence electrons. The number of carbonyl (C=O) groups excluding carboxylic acids is 2. The summed E-state index contributed by atoms with van der Waals surface area (Å²) in [5, 5.41) is 14.0. The van der Waals surface area contributed by atoms with E-state index < -0.39 is 18.4 Å². The van der Waals surface area contributed by atoms with Crippen molar-refractivity contribution in [3.8, 4) is 11.4 Å². The summed E-state index contributed by atoms with van der Waals surface area (Å²) < 4.78 is 3.57. The van der Waals surface area contributed by atoms with Crippen molar-refractivity contribution in [1.82, 2.24) is 14.1 Å². The van der Waals surface area contributed by atoms with Crippen LogP contribution in [0.1, 0.15) is 16.8 Å². The van der Waals surface area contributed by atoms with Gasteiger partial charge in [-0.2, -0.15) is 0 Å². The van der Waals surface area contributed by atoms with Crippen molar-refractivity contribution in [3.63, 3.8) is 0 Å². The number of amides is 2. The molecule has 2 aromatic heterocycles. The summed E-state index contributed by atoms with van der Waals surface area (Å²) in [5.74, 6) is -0.917. The minimum Gasteiger partial charge on any atom is -0.465 e. The van der Waals surface area contributed by atoms with Crippen LogP contribution in [0.2, 0.25) is 0 Å². The Morgan fingerprint density at radius 3 is 2.34 bits per heavy atom. The van der Waals surface area contributed by atoms with Crippen LogP contribution in [0.15, 0.2) is 85.7 Å². The number of anilines is 2. The van der Waals surface area contributed by atoms with Crippen LogP contribution in [-0.2, 0) is 4.79 Å². The van der Waals surface area contributed by atoms with Crippen molar-refractivity contribution < 1.29 is 19.5 Å². The molecule has 2 amide bonds. The summed E-state index contributed by atoms with van der Waals surface area (Å²) in [7, 11) is 0. The van der Waals surface area contributed by atoms with Crippen LogP contribution in [0.5, 0.6) is 0 Å². The van der Waals surface area contributed by atoms with E-state index in [0.29, 0.717) is 5.56 Å². The molecule has 3 N–H and O–H groups in total. The molecule has 0 aliphatic rings. The number of Topliss-reactive ketones (excluding diaryl/α,β-unsaturated/α-hetero) is 1. The summed E-state index contributed by atoms with van der Waals surface area (Å²) in [6.45, 7) is 0. The highest BCUT2D eigenvalue weighted by Gasteiger charge is 2.16. The Kier molecular flexibility index (Phi) is 5.80. The number of nitrogens with zero attached hydrogens (tertiary/aromatic N) is 3. The van der Waals surface area contributed by atoms with Gasteiger partial charge in [-0.05, 0) is 42.5 Å². The third-order valence-electron chi connectivity index (χ3n) is 4.71. The fraction of sp³-hybridized carbons (Fsp3) is 0.0435. The second-order valence-electron chi connectivity index (χ2n) is 6.92. The van der Waals surface area contributed by atoms with Gasteiger partial charge in [-0.15, -0.1) is 0 Å². The topological polar surface area (TPSA) is 118 Å². The first-order valence-corrected chi connectivity index (χ1v) is 9.68. The van der Waals surface area contributed by atoms with E-state index in [9.17, 15) is 14.4 Å². The molecule has 0 aliphatic carbocycles. The first-order chi connectivity index (χ1) is 15.5. The van der Waals surface area contributed by atoms with Crippen molar-refractivity contribution in [1.29, 1.82) is 0 Å². The molecule has 2 heterocycles. The molecule has 9 nitrogen and oxygen atoms in total. The molecule has 0 bridgehead atoms. The van der Waals surface area contributed by atoms with Crippen LogP contribution < -0.4 is 10.6 Å². The molecule has 0 aliphatic heterocycles. The SMILES string of the molecule is O=C(O)Nc1ccc(-n2cccc2)cc1NC(=O)CC(=O)c1cccc(-n2ccnc2)c1. The van der Waals surface area contributed by atoms with Crippen LogP contribution >= 0.6 is 0 Å². The van der Waals surface area contributed by atoms with Crippen molar-refractivity contribution in [2.45, 2.75) is 6.42 Å². The molecule has 0 unspecified atom stereocenters. The smallest absolute Gasteiger partial charge is 0.409 e. The van der Waals surface area contributed by atoms with Gasteiger partial charge in [-0.3, -0.25) is 14.9 Å². The fourth-order valence-electron chi connectivity index (χ4n) is 3.22. The maximum absolute atomic E-state index is 12.7. The Morgan fingerprint density at radius 2 is 1.62 bits per heavy atom. The average molecular weight is 429 g/mol. The second-order valence-corrected chi connectivity index (χ2v) is 6.92. The van der Waals surface area contributed by atoms with Gasteiger partial charge in [-0.1, -0.05) is 12.1 Å². The number of nitrogens with one attached hydrogen (secondary N) is 2. The third-order valence-corrected chi connectivity index (χ3v) is 4.71. The summed E-state index contributed by atoms with van der Waals surface area (Å²) in [6, 6.07) is 15.5. The Morgan fingerprint density at radius 1 is 0.844 bits per heavy atom. The van der Waals surface area contributed by atoms with E-state index >= 15 is 0 Å². The van der Waals surface area contributed by atoms with Gasteiger partial charge in [0, 0.05) is 41.7 Å². The minimum absolute atomic E-state index is 0.205. The van der Waals surface area contributed by atoms with Gasteiger partial charge in [-0.25, -0.2) is 9.78 Å². The molecule has 2 aromatic carbocycles. The van der Waals surface area contributed by atoms with E-state index in [1.807, 2.05) is 35.2 Å². The van der Waals surface area contributed by atoms with Crippen LogP contribution in [0.4, 0.5) is 16.2 Å². The van der Waals surface area contributed by atoms with E-state index in [2.05, 4.69) is 15.6 Å². The van der Waals surface area contributed by atoms with E-state index in [0.717, 1.165) is 11.4 Å². The number of hydrogen-bond donors (Lipinski definition) is 3. The normalized spacial score (nSPS) is 10.5. The zero-order chi connectivity index (χ0) is 22.5. The highest BCUT2D eigenvalue weighted by Crippen LogP contribution is 2.26. The molecule has 0 saturated carbocycles. The summed E-state index contributed by atoms with van der Waals surface area (Å²) >= 11 is 0. The highest BCUT2D eigenvalue weighted by molar-refractivity contribution is 6.12. The molecule has 4 aromatic rings. The minimum atomic E-state index is -1.26. The number of aromatic nitrogens is 3. The van der Waals surface area contributed by atoms with E-state index in [4.69, 9.17) is 5.11 Å². The van der Waals surface area contributed by atoms with Gasteiger partial charge in [0.15, 0.2) is 5.78 Å². The average Bonchev–Trinajstić information content (AvgIpc) is 3.49. The zero-order valence-electron chi connectivity index (χ0n) is 16.8. The monoisotopic (exact) mass is 429 g/mol. The largest absolute Gasteiger partial charge is 0.465 e. The fourth-order valence-corrected chi connectivity index (χ4v) is 3.22. The van der Waals surface area contributed by atoms with Gasteiger partial charge in [0.25, 0.3) is 0 Å². The Hall–Kier alpha value is -4.66. The lowest BCUT2D eigenvalue weighted by Crippen LogP contribution is -2.19. The molecule has 32 heavy (non-hydrogen) atoms. The van der Waals surface area contributed by atoms with Crippen LogP contribution in [0.25, 0.3) is 11.4 Å². The summed E-state index contributed by atoms with van der Waals surface area (Å²) in [6.07, 6.45) is 6.99. The highest BCUT2D eigenvalue weighted by atomic mass is 16.4. The predicted molar refractivity (Wildman–Crippen MR) is 119 cm³/mol. The standard InChI is InChI=1S/C23H19N5O4/c29-21(16-4-3-5-17(12-16)28-11-8-24-15-28)14-22(30)25-20-13-18(27-9-1-2-10-27)6-7-19(20)26-23(31)32/h1-13,15,26H,14H2,(H,25,30)(H,31,32). The first-order valence-electron chi connectivity index (χ1n) is 9.68. The first kappa shape index (κ1) is 20.6. The molecule has 0 fully saturated rings. The number of ketones is 1. The number of hydrogen-bond acceptors (Lipinski definition) is 4. The lowest BCUT2D eigenvalue weighted by atomic mass is 10.1. The number of rotatable bonds is 7. The second kappa shape index (κ2) is 9.00. The number of carboxylic acid groups (broad SMARTS) is 1. The van der Waals surface area contributed by atoms with Crippen molar-refractivity contribution >= 4 is 29.2 Å². The molecule has 4 rings (SSSR count). The van der Waals surface area contributed by atoms with E-state index in [1.165, 1.54) is 0 Å². The molecule has 9 heteroatoms. The van der Waals surface area contributed by atoms with Crippen LogP contribution in [0, 0.1) is 0 Å². The third kappa shape index (κ3) is 4.73. The summed E-state index contributed by atoms with van der Waals surface area (Å²) in [4.78, 5) is 40.4. The number of carbonyl (C=O) groups is 3. The Balaban J connectivity index is 1.52. The van der Waals surface area contributed by atoms with Crippen LogP contribution in [-0.4, -0.2) is 37.0 Å². The lowest BCUT2D eigenvalue weighted by molar-refractivity contribution is -0.115. The van der Waals surface area contributed by atoms with Crippen molar-refractivity contribution in [2.75, 3.05) is 10.6 Å². The van der Waals surface area contributed by atoms with Crippen molar-refractivity contribution in [2.24, 2.45) is 0 Å². The van der Waals surface area contributed by atoms with Gasteiger partial charge < -0.3 is 19.6 Å². The molecular weight excluding hydrogens is 410 g/mol. The van der Waals surface area contributed by atoms with Gasteiger partial charge in [0.2, 0.25) is 5.91 Å². The zero-order valence-corrected chi connectivity index (χ0v) is 16.8. The van der Waals surface area contributed by atoms with Gasteiger partial charge in [0.05, 0.1) is 24.1 Å². The Labute approximate surface area is 182 Å². The molecule has 0 atom stereocenters. The maximum atomic E-state index is 12.7. The molecule has 0 spiro atoms. The lowest BCUT2D eigenvalue weighted by Gasteiger charge is -2.13. The summed E-state index contributed by atoms with van der Waals surface area (Å²) in [5.41, 5.74) is 2.32. The van der Waals surface area contributed by atoms with Crippen molar-refractivity contribution in [3.05, 3.63) is 91.3 Å². The predicted octanol–water partition coefficient (Wildman–Crippen LogP) is 3.96.